The number of halogens is 4. The van der Waals surface area contributed by atoms with Gasteiger partial charge in [-0.05, 0) is 35.8 Å². The first-order valence-corrected chi connectivity index (χ1v) is 6.77. The van der Waals surface area contributed by atoms with Crippen molar-refractivity contribution in [3.8, 4) is 0 Å². The second-order valence-electron chi connectivity index (χ2n) is 4.43. The van der Waals surface area contributed by atoms with E-state index in [0.717, 1.165) is 17.6 Å². The van der Waals surface area contributed by atoms with Gasteiger partial charge in [-0.2, -0.15) is 17.5 Å². The summed E-state index contributed by atoms with van der Waals surface area (Å²) in [5.74, 6) is -0.663. The van der Waals surface area contributed by atoms with Crippen LogP contribution in [0, 0.1) is 5.82 Å². The maximum atomic E-state index is 13.7. The number of benzene rings is 1. The highest BCUT2D eigenvalue weighted by atomic mass is 32.1. The molecular formula is C13H8F4N4S. The molecule has 9 heteroatoms. The predicted molar refractivity (Wildman–Crippen MR) is 76.5 cm³/mol. The monoisotopic (exact) mass is 328 g/mol. The third kappa shape index (κ3) is 2.54. The van der Waals surface area contributed by atoms with Crippen LogP contribution in [-0.2, 0) is 6.18 Å². The quantitative estimate of drug-likeness (QED) is 0.693. The first-order valence-electron chi connectivity index (χ1n) is 6.00. The molecule has 0 fully saturated rings. The van der Waals surface area contributed by atoms with Gasteiger partial charge in [-0.1, -0.05) is 0 Å². The Balaban J connectivity index is 2.03. The van der Waals surface area contributed by atoms with Gasteiger partial charge in [0.15, 0.2) is 5.82 Å². The van der Waals surface area contributed by atoms with Gasteiger partial charge in [-0.15, -0.1) is 0 Å². The molecule has 0 saturated carbocycles. The van der Waals surface area contributed by atoms with Crippen molar-refractivity contribution in [1.29, 1.82) is 0 Å². The molecule has 0 aliphatic carbocycles. The Labute approximate surface area is 125 Å². The van der Waals surface area contributed by atoms with Crippen molar-refractivity contribution in [3.05, 3.63) is 41.8 Å². The number of hydrogen-bond acceptors (Lipinski definition) is 5. The topological polar surface area (TPSA) is 63.8 Å². The average Bonchev–Trinajstić information content (AvgIpc) is 2.85. The van der Waals surface area contributed by atoms with E-state index in [0.29, 0.717) is 28.0 Å². The van der Waals surface area contributed by atoms with Crippen LogP contribution in [-0.4, -0.2) is 9.36 Å². The zero-order chi connectivity index (χ0) is 15.9. The Morgan fingerprint density at radius 1 is 1.18 bits per heavy atom. The number of nitrogens with one attached hydrogen (secondary N) is 1. The molecule has 2 aromatic heterocycles. The summed E-state index contributed by atoms with van der Waals surface area (Å²) in [6, 6.07) is 3.69. The highest BCUT2D eigenvalue weighted by molar-refractivity contribution is 7.14. The maximum absolute atomic E-state index is 13.7. The second kappa shape index (κ2) is 5.09. The summed E-state index contributed by atoms with van der Waals surface area (Å²) in [5, 5.41) is 2.54. The largest absolute Gasteiger partial charge is 0.416 e. The minimum Gasteiger partial charge on any atom is -0.397 e. The number of aromatic nitrogens is 2. The standard InChI is InChI=1S/C13H8F4N4S/c14-7-2-1-6(13(15,16)17)5-9(7)20-12-10-11(22-21-12)8(18)3-4-19-10/h1-5H,(H2,18,19)(H,20,21). The lowest BCUT2D eigenvalue weighted by atomic mass is 10.2. The van der Waals surface area contributed by atoms with Crippen LogP contribution >= 0.6 is 11.5 Å². The van der Waals surface area contributed by atoms with Crippen molar-refractivity contribution < 1.29 is 17.6 Å². The highest BCUT2D eigenvalue weighted by Crippen LogP contribution is 2.35. The third-order valence-electron chi connectivity index (χ3n) is 2.93. The van der Waals surface area contributed by atoms with Crippen LogP contribution < -0.4 is 11.1 Å². The van der Waals surface area contributed by atoms with Crippen molar-refractivity contribution >= 4 is 38.9 Å². The number of pyridine rings is 1. The molecule has 0 spiro atoms. The van der Waals surface area contributed by atoms with Gasteiger partial charge in [-0.3, -0.25) is 4.98 Å². The number of nitrogens with zero attached hydrogens (tertiary/aromatic N) is 2. The summed E-state index contributed by atoms with van der Waals surface area (Å²) in [4.78, 5) is 4.06. The van der Waals surface area contributed by atoms with E-state index in [2.05, 4.69) is 14.7 Å². The predicted octanol–water partition coefficient (Wildman–Crippen LogP) is 4.18. The number of nitrogens with two attached hydrogens (primary N) is 1. The molecule has 0 unspecified atom stereocenters. The van der Waals surface area contributed by atoms with E-state index < -0.39 is 17.6 Å². The first kappa shape index (κ1) is 14.5. The van der Waals surface area contributed by atoms with E-state index in [9.17, 15) is 17.6 Å². The summed E-state index contributed by atoms with van der Waals surface area (Å²) in [5.41, 5.74) is 5.29. The van der Waals surface area contributed by atoms with E-state index in [-0.39, 0.29) is 11.5 Å². The Morgan fingerprint density at radius 3 is 2.68 bits per heavy atom. The minimum absolute atomic E-state index is 0.158. The van der Waals surface area contributed by atoms with Crippen molar-refractivity contribution in [1.82, 2.24) is 9.36 Å². The number of fused-ring (bicyclic) bond motifs is 1. The molecule has 0 amide bonds. The van der Waals surface area contributed by atoms with Crippen molar-refractivity contribution in [3.63, 3.8) is 0 Å². The summed E-state index contributed by atoms with van der Waals surface area (Å²) in [6.07, 6.45) is -3.11. The molecule has 114 valence electrons. The summed E-state index contributed by atoms with van der Waals surface area (Å²) < 4.78 is 56.4. The smallest absolute Gasteiger partial charge is 0.397 e. The Bertz CT molecular complexity index is 844. The zero-order valence-corrected chi connectivity index (χ0v) is 11.6. The number of hydrogen-bond donors (Lipinski definition) is 2. The fourth-order valence-electron chi connectivity index (χ4n) is 1.87. The van der Waals surface area contributed by atoms with E-state index in [1.54, 1.807) is 6.07 Å². The van der Waals surface area contributed by atoms with Gasteiger partial charge >= 0.3 is 6.18 Å². The highest BCUT2D eigenvalue weighted by Gasteiger charge is 2.31. The van der Waals surface area contributed by atoms with Gasteiger partial charge < -0.3 is 11.1 Å². The van der Waals surface area contributed by atoms with Gasteiger partial charge in [0, 0.05) is 6.20 Å². The SMILES string of the molecule is Nc1ccnc2c(Nc3cc(C(F)(F)F)ccc3F)nsc12. The molecule has 2 heterocycles. The Kier molecular flexibility index (Phi) is 3.36. The Hall–Kier alpha value is -2.42. The lowest BCUT2D eigenvalue weighted by molar-refractivity contribution is -0.137. The Morgan fingerprint density at radius 2 is 1.95 bits per heavy atom. The van der Waals surface area contributed by atoms with E-state index in [1.165, 1.54) is 6.20 Å². The molecule has 0 atom stereocenters. The van der Waals surface area contributed by atoms with Gasteiger partial charge in [0.2, 0.25) is 0 Å². The molecule has 0 radical (unpaired) electrons. The van der Waals surface area contributed by atoms with Crippen LogP contribution in [0.1, 0.15) is 5.56 Å². The molecule has 3 N–H and O–H groups in total. The molecule has 3 aromatic rings. The van der Waals surface area contributed by atoms with Crippen LogP contribution in [0.4, 0.5) is 34.8 Å². The van der Waals surface area contributed by atoms with Crippen LogP contribution in [0.5, 0.6) is 0 Å². The summed E-state index contributed by atoms with van der Waals surface area (Å²) in [6.45, 7) is 0. The van der Waals surface area contributed by atoms with Gasteiger partial charge in [0.05, 0.1) is 21.6 Å². The summed E-state index contributed by atoms with van der Waals surface area (Å²) >= 11 is 1.03. The number of anilines is 3. The fourth-order valence-corrected chi connectivity index (χ4v) is 2.59. The molecular weight excluding hydrogens is 320 g/mol. The van der Waals surface area contributed by atoms with Gasteiger partial charge in [-0.25, -0.2) is 4.39 Å². The van der Waals surface area contributed by atoms with Gasteiger partial charge in [0.1, 0.15) is 11.3 Å². The molecule has 0 saturated heterocycles. The third-order valence-corrected chi connectivity index (χ3v) is 3.82. The number of alkyl halides is 3. The van der Waals surface area contributed by atoms with Gasteiger partial charge in [0.25, 0.3) is 0 Å². The van der Waals surface area contributed by atoms with Crippen LogP contribution in [0.3, 0.4) is 0 Å². The molecule has 22 heavy (non-hydrogen) atoms. The molecule has 1 aromatic carbocycles. The van der Waals surface area contributed by atoms with E-state index in [4.69, 9.17) is 5.73 Å². The molecule has 4 nitrogen and oxygen atoms in total. The maximum Gasteiger partial charge on any atom is 0.416 e. The number of nitrogen functional groups attached to an aromatic ring is 1. The molecule has 3 rings (SSSR count). The summed E-state index contributed by atoms with van der Waals surface area (Å²) in [7, 11) is 0. The normalized spacial score (nSPS) is 11.8. The minimum atomic E-state index is -4.56. The average molecular weight is 328 g/mol. The van der Waals surface area contributed by atoms with Crippen LogP contribution in [0.2, 0.25) is 0 Å². The van der Waals surface area contributed by atoms with Crippen molar-refractivity contribution in [2.45, 2.75) is 6.18 Å². The van der Waals surface area contributed by atoms with Crippen molar-refractivity contribution in [2.24, 2.45) is 0 Å². The molecule has 0 aliphatic heterocycles. The van der Waals surface area contributed by atoms with E-state index >= 15 is 0 Å². The second-order valence-corrected chi connectivity index (χ2v) is 5.20. The molecule has 0 bridgehead atoms. The van der Waals surface area contributed by atoms with E-state index in [1.807, 2.05) is 0 Å². The first-order chi connectivity index (χ1) is 10.4. The van der Waals surface area contributed by atoms with Crippen molar-refractivity contribution in [2.75, 3.05) is 11.1 Å². The zero-order valence-electron chi connectivity index (χ0n) is 10.8. The fraction of sp³-hybridized carbons (Fsp3) is 0.0769. The lowest BCUT2D eigenvalue weighted by Gasteiger charge is -2.10. The van der Waals surface area contributed by atoms with Crippen LogP contribution in [0.25, 0.3) is 10.2 Å². The number of rotatable bonds is 2. The van der Waals surface area contributed by atoms with Crippen LogP contribution in [0.15, 0.2) is 30.5 Å². The molecule has 0 aliphatic rings. The lowest BCUT2D eigenvalue weighted by Crippen LogP contribution is -2.06.